The Morgan fingerprint density at radius 2 is 1.88 bits per heavy atom. The lowest BCUT2D eigenvalue weighted by molar-refractivity contribution is 0.0762. The smallest absolute Gasteiger partial charge is 0.128 e. The molecule has 0 atom stereocenters. The maximum absolute atomic E-state index is 13.8. The molecule has 0 amide bonds. The molecule has 1 aliphatic carbocycles. The van der Waals surface area contributed by atoms with Gasteiger partial charge in [0.25, 0.3) is 0 Å². The number of halogens is 1. The van der Waals surface area contributed by atoms with Crippen molar-refractivity contribution < 1.29 is 4.39 Å². The van der Waals surface area contributed by atoms with Gasteiger partial charge in [-0.25, -0.2) is 4.39 Å². The zero-order valence-corrected chi connectivity index (χ0v) is 10.6. The summed E-state index contributed by atoms with van der Waals surface area (Å²) >= 11 is 0. The highest BCUT2D eigenvalue weighted by Gasteiger charge is 2.50. The highest BCUT2D eigenvalue weighted by Crippen LogP contribution is 2.54. The topological polar surface area (TPSA) is 23.8 Å². The molecule has 0 bridgehead atoms. The molecular weight excluding hydrogens is 213 g/mol. The van der Waals surface area contributed by atoms with Gasteiger partial charge in [-0.15, -0.1) is 0 Å². The second-order valence-electron chi connectivity index (χ2n) is 6.14. The molecule has 1 aromatic rings. The van der Waals surface area contributed by atoms with Crippen molar-refractivity contribution in [2.24, 2.45) is 11.3 Å². The van der Waals surface area contributed by atoms with E-state index in [1.165, 1.54) is 6.07 Å². The molecule has 0 radical (unpaired) electrons. The summed E-state index contributed by atoms with van der Waals surface area (Å²) in [7, 11) is 0. The minimum Gasteiger partial charge on any atom is -0.207 e. The first kappa shape index (κ1) is 12.1. The van der Waals surface area contributed by atoms with E-state index < -0.39 is 5.41 Å². The minimum absolute atomic E-state index is 0.200. The van der Waals surface area contributed by atoms with Crippen LogP contribution >= 0.6 is 0 Å². The zero-order chi connectivity index (χ0) is 12.7. The Balaban J connectivity index is 2.27. The second-order valence-corrected chi connectivity index (χ2v) is 6.14. The lowest BCUT2D eigenvalue weighted by Gasteiger charge is -2.49. The maximum atomic E-state index is 13.8. The van der Waals surface area contributed by atoms with E-state index >= 15 is 0 Å². The number of nitrogens with zero attached hydrogens (tertiary/aromatic N) is 1. The van der Waals surface area contributed by atoms with E-state index in [1.54, 1.807) is 12.1 Å². The molecule has 0 aliphatic heterocycles. The molecule has 1 nitrogen and oxygen atoms in total. The minimum atomic E-state index is -0.594. The maximum Gasteiger partial charge on any atom is 0.128 e. The van der Waals surface area contributed by atoms with Crippen LogP contribution in [-0.4, -0.2) is 0 Å². The van der Waals surface area contributed by atoms with Crippen LogP contribution in [0.15, 0.2) is 24.3 Å². The predicted molar refractivity (Wildman–Crippen MR) is 65.9 cm³/mol. The average Bonchev–Trinajstić information content (AvgIpc) is 2.18. The predicted octanol–water partition coefficient (Wildman–Crippen LogP) is 4.04. The van der Waals surface area contributed by atoms with Gasteiger partial charge in [-0.3, -0.25) is 0 Å². The van der Waals surface area contributed by atoms with Crippen LogP contribution in [-0.2, 0) is 5.41 Å². The van der Waals surface area contributed by atoms with Gasteiger partial charge in [-0.05, 0) is 30.2 Å². The standard InChI is InChI=1S/C15H18FN/c1-14(2,3)11-8-15(9-11,10-17)12-6-4-5-7-13(12)16/h4-7,11H,8-9H2,1-3H3. The van der Waals surface area contributed by atoms with E-state index in [9.17, 15) is 9.65 Å². The molecule has 0 spiro atoms. The Kier molecular flexibility index (Phi) is 2.73. The molecule has 0 aromatic heterocycles. The molecule has 90 valence electrons. The molecule has 1 fully saturated rings. The first-order valence-electron chi connectivity index (χ1n) is 6.05. The van der Waals surface area contributed by atoms with Crippen molar-refractivity contribution in [3.63, 3.8) is 0 Å². The number of rotatable bonds is 1. The van der Waals surface area contributed by atoms with Crippen LogP contribution in [0.3, 0.4) is 0 Å². The van der Waals surface area contributed by atoms with Crippen molar-refractivity contribution >= 4 is 0 Å². The number of nitriles is 1. The summed E-state index contributed by atoms with van der Waals surface area (Å²) in [5.41, 5.74) is 0.178. The van der Waals surface area contributed by atoms with Gasteiger partial charge in [-0.1, -0.05) is 39.0 Å². The van der Waals surface area contributed by atoms with Crippen LogP contribution in [0.2, 0.25) is 0 Å². The van der Waals surface area contributed by atoms with Gasteiger partial charge < -0.3 is 0 Å². The van der Waals surface area contributed by atoms with E-state index in [0.717, 1.165) is 12.8 Å². The fraction of sp³-hybridized carbons (Fsp3) is 0.533. The highest BCUT2D eigenvalue weighted by molar-refractivity contribution is 5.37. The Bertz CT molecular complexity index is 459. The van der Waals surface area contributed by atoms with E-state index in [1.807, 2.05) is 6.07 Å². The number of hydrogen-bond donors (Lipinski definition) is 0. The Labute approximate surface area is 102 Å². The van der Waals surface area contributed by atoms with Crippen LogP contribution < -0.4 is 0 Å². The largest absolute Gasteiger partial charge is 0.207 e. The first-order valence-corrected chi connectivity index (χ1v) is 6.05. The van der Waals surface area contributed by atoms with Crippen molar-refractivity contribution in [3.05, 3.63) is 35.6 Å². The van der Waals surface area contributed by atoms with Crippen LogP contribution in [0, 0.1) is 28.5 Å². The highest BCUT2D eigenvalue weighted by atomic mass is 19.1. The average molecular weight is 231 g/mol. The van der Waals surface area contributed by atoms with Gasteiger partial charge in [0, 0.05) is 5.56 Å². The van der Waals surface area contributed by atoms with Gasteiger partial charge in [-0.2, -0.15) is 5.26 Å². The molecule has 1 aromatic carbocycles. The van der Waals surface area contributed by atoms with E-state index in [-0.39, 0.29) is 11.2 Å². The van der Waals surface area contributed by atoms with Crippen LogP contribution in [0.5, 0.6) is 0 Å². The van der Waals surface area contributed by atoms with Gasteiger partial charge in [0.05, 0.1) is 11.5 Å². The SMILES string of the molecule is CC(C)(C)C1CC(C#N)(c2ccccc2F)C1. The summed E-state index contributed by atoms with van der Waals surface area (Å²) in [5, 5.41) is 9.38. The third-order valence-electron chi connectivity index (χ3n) is 4.02. The number of benzene rings is 1. The lowest BCUT2D eigenvalue weighted by Crippen LogP contribution is -2.46. The van der Waals surface area contributed by atoms with E-state index in [0.29, 0.717) is 11.5 Å². The van der Waals surface area contributed by atoms with Gasteiger partial charge in [0.2, 0.25) is 0 Å². The summed E-state index contributed by atoms with van der Waals surface area (Å²) in [6.45, 7) is 6.54. The van der Waals surface area contributed by atoms with Crippen LogP contribution in [0.25, 0.3) is 0 Å². The van der Waals surface area contributed by atoms with Crippen molar-refractivity contribution in [2.45, 2.75) is 39.0 Å². The summed E-state index contributed by atoms with van der Waals surface area (Å²) in [4.78, 5) is 0. The van der Waals surface area contributed by atoms with Crippen LogP contribution in [0.1, 0.15) is 39.2 Å². The fourth-order valence-electron chi connectivity index (χ4n) is 2.61. The Hall–Kier alpha value is -1.36. The molecule has 17 heavy (non-hydrogen) atoms. The van der Waals surface area contributed by atoms with Crippen molar-refractivity contribution in [2.75, 3.05) is 0 Å². The fourth-order valence-corrected chi connectivity index (χ4v) is 2.61. The van der Waals surface area contributed by atoms with Crippen molar-refractivity contribution in [3.8, 4) is 6.07 Å². The lowest BCUT2D eigenvalue weighted by atomic mass is 9.53. The summed E-state index contributed by atoms with van der Waals surface area (Å²) < 4.78 is 13.8. The number of hydrogen-bond acceptors (Lipinski definition) is 1. The summed E-state index contributed by atoms with van der Waals surface area (Å²) in [5.74, 6) is 0.253. The normalized spacial score (nSPS) is 28.3. The first-order chi connectivity index (χ1) is 7.89. The van der Waals surface area contributed by atoms with Gasteiger partial charge in [0.1, 0.15) is 5.82 Å². The second kappa shape index (κ2) is 3.84. The van der Waals surface area contributed by atoms with Gasteiger partial charge in [0.15, 0.2) is 0 Å². The third-order valence-corrected chi connectivity index (χ3v) is 4.02. The molecule has 1 saturated carbocycles. The molecule has 0 unspecified atom stereocenters. The van der Waals surface area contributed by atoms with Crippen molar-refractivity contribution in [1.82, 2.24) is 0 Å². The summed E-state index contributed by atoms with van der Waals surface area (Å²) in [6.07, 6.45) is 1.54. The Morgan fingerprint density at radius 3 is 2.35 bits per heavy atom. The zero-order valence-electron chi connectivity index (χ0n) is 10.6. The summed E-state index contributed by atoms with van der Waals surface area (Å²) in [6, 6.07) is 9.00. The Morgan fingerprint density at radius 1 is 1.29 bits per heavy atom. The molecule has 0 N–H and O–H groups in total. The quantitative estimate of drug-likeness (QED) is 0.715. The third kappa shape index (κ3) is 1.95. The van der Waals surface area contributed by atoms with Crippen molar-refractivity contribution in [1.29, 1.82) is 5.26 Å². The molecule has 2 rings (SSSR count). The molecular formula is C15H18FN. The molecule has 0 saturated heterocycles. The van der Waals surface area contributed by atoms with E-state index in [4.69, 9.17) is 0 Å². The van der Waals surface area contributed by atoms with Gasteiger partial charge >= 0.3 is 0 Å². The van der Waals surface area contributed by atoms with Crippen LogP contribution in [0.4, 0.5) is 4.39 Å². The molecule has 2 heteroatoms. The molecule has 0 heterocycles. The van der Waals surface area contributed by atoms with E-state index in [2.05, 4.69) is 26.8 Å². The molecule has 1 aliphatic rings. The monoisotopic (exact) mass is 231 g/mol.